The van der Waals surface area contributed by atoms with Gasteiger partial charge in [0.25, 0.3) is 0 Å². The van der Waals surface area contributed by atoms with Crippen molar-refractivity contribution in [2.75, 3.05) is 5.73 Å². The van der Waals surface area contributed by atoms with Crippen LogP contribution in [0.1, 0.15) is 5.56 Å². The quantitative estimate of drug-likeness (QED) is 0.890. The van der Waals surface area contributed by atoms with Crippen molar-refractivity contribution in [3.63, 3.8) is 0 Å². The molecule has 2 aromatic rings. The number of aromatic nitrogens is 2. The number of nitrogens with zero attached hydrogens (tertiary/aromatic N) is 2. The molecule has 1 aromatic heterocycles. The molecule has 14 heavy (non-hydrogen) atoms. The maximum atomic E-state index is 5.71. The summed E-state index contributed by atoms with van der Waals surface area (Å²) in [5.74, 6) is 0.688. The van der Waals surface area contributed by atoms with Crippen LogP contribution in [-0.4, -0.2) is 9.78 Å². The normalized spacial score (nSPS) is 10.4. The third kappa shape index (κ3) is 1.96. The van der Waals surface area contributed by atoms with Crippen molar-refractivity contribution in [1.82, 2.24) is 9.78 Å². The molecular formula is C10H10BrN3. The number of hydrogen-bond donors (Lipinski definition) is 1. The summed E-state index contributed by atoms with van der Waals surface area (Å²) < 4.78 is 2.85. The van der Waals surface area contributed by atoms with E-state index in [1.807, 2.05) is 24.3 Å². The molecular weight excluding hydrogens is 242 g/mol. The van der Waals surface area contributed by atoms with E-state index < -0.39 is 0 Å². The fraction of sp³-hybridized carbons (Fsp3) is 0.100. The number of halogens is 1. The van der Waals surface area contributed by atoms with Crippen LogP contribution >= 0.6 is 15.9 Å². The van der Waals surface area contributed by atoms with E-state index in [1.165, 1.54) is 5.56 Å². The Hall–Kier alpha value is -1.29. The third-order valence-electron chi connectivity index (χ3n) is 1.99. The molecule has 0 saturated heterocycles. The second kappa shape index (κ2) is 3.84. The Labute approximate surface area is 90.7 Å². The van der Waals surface area contributed by atoms with Crippen LogP contribution in [0.2, 0.25) is 0 Å². The van der Waals surface area contributed by atoms with E-state index in [4.69, 9.17) is 5.73 Å². The molecule has 2 N–H and O–H groups in total. The molecule has 0 aliphatic rings. The highest BCUT2D eigenvalue weighted by atomic mass is 79.9. The van der Waals surface area contributed by atoms with Crippen molar-refractivity contribution in [1.29, 1.82) is 0 Å². The summed E-state index contributed by atoms with van der Waals surface area (Å²) in [4.78, 5) is 0. The van der Waals surface area contributed by atoms with E-state index in [1.54, 1.807) is 16.9 Å². The SMILES string of the molecule is Nc1ccnn1Cc1ccc(Br)cc1. The number of nitrogen functional groups attached to an aromatic ring is 1. The van der Waals surface area contributed by atoms with Gasteiger partial charge in [-0.05, 0) is 23.8 Å². The molecule has 0 unspecified atom stereocenters. The molecule has 1 aromatic carbocycles. The smallest absolute Gasteiger partial charge is 0.122 e. The van der Waals surface area contributed by atoms with Crippen LogP contribution in [0.15, 0.2) is 41.0 Å². The van der Waals surface area contributed by atoms with Crippen molar-refractivity contribution in [3.8, 4) is 0 Å². The average Bonchev–Trinajstić information content (AvgIpc) is 2.56. The molecule has 0 radical (unpaired) electrons. The summed E-state index contributed by atoms with van der Waals surface area (Å²) in [6.45, 7) is 0.714. The molecule has 0 atom stereocenters. The van der Waals surface area contributed by atoms with Crippen LogP contribution in [0.5, 0.6) is 0 Å². The van der Waals surface area contributed by atoms with Crippen molar-refractivity contribution in [2.45, 2.75) is 6.54 Å². The fourth-order valence-corrected chi connectivity index (χ4v) is 1.50. The van der Waals surface area contributed by atoms with E-state index in [2.05, 4.69) is 21.0 Å². The van der Waals surface area contributed by atoms with Gasteiger partial charge in [0.1, 0.15) is 5.82 Å². The Kier molecular flexibility index (Phi) is 2.54. The van der Waals surface area contributed by atoms with E-state index in [0.717, 1.165) is 4.47 Å². The van der Waals surface area contributed by atoms with Crippen LogP contribution in [0, 0.1) is 0 Å². The van der Waals surface area contributed by atoms with Gasteiger partial charge in [-0.1, -0.05) is 28.1 Å². The zero-order valence-corrected chi connectivity index (χ0v) is 9.11. The first kappa shape index (κ1) is 9.27. The average molecular weight is 252 g/mol. The predicted molar refractivity (Wildman–Crippen MR) is 59.9 cm³/mol. The maximum Gasteiger partial charge on any atom is 0.122 e. The standard InChI is InChI=1S/C10H10BrN3/c11-9-3-1-8(2-4-9)7-14-10(12)5-6-13-14/h1-6H,7,12H2. The summed E-state index contributed by atoms with van der Waals surface area (Å²) in [5, 5.41) is 4.11. The Morgan fingerprint density at radius 2 is 1.93 bits per heavy atom. The van der Waals surface area contributed by atoms with Crippen molar-refractivity contribution >= 4 is 21.7 Å². The molecule has 72 valence electrons. The van der Waals surface area contributed by atoms with Gasteiger partial charge in [0.2, 0.25) is 0 Å². The van der Waals surface area contributed by atoms with Crippen molar-refractivity contribution in [2.24, 2.45) is 0 Å². The summed E-state index contributed by atoms with van der Waals surface area (Å²) in [6, 6.07) is 9.90. The maximum absolute atomic E-state index is 5.71. The molecule has 4 heteroatoms. The zero-order valence-electron chi connectivity index (χ0n) is 7.52. The molecule has 0 aliphatic carbocycles. The van der Waals surface area contributed by atoms with Gasteiger partial charge in [0.05, 0.1) is 12.7 Å². The summed E-state index contributed by atoms with van der Waals surface area (Å²) in [7, 11) is 0. The molecule has 0 spiro atoms. The first-order chi connectivity index (χ1) is 6.75. The van der Waals surface area contributed by atoms with Gasteiger partial charge in [-0.3, -0.25) is 0 Å². The molecule has 0 aliphatic heterocycles. The van der Waals surface area contributed by atoms with Gasteiger partial charge in [-0.2, -0.15) is 5.10 Å². The predicted octanol–water partition coefficient (Wildman–Crippen LogP) is 2.28. The van der Waals surface area contributed by atoms with Gasteiger partial charge < -0.3 is 5.73 Å². The Balaban J connectivity index is 2.19. The van der Waals surface area contributed by atoms with E-state index >= 15 is 0 Å². The highest BCUT2D eigenvalue weighted by Gasteiger charge is 1.98. The Morgan fingerprint density at radius 3 is 2.50 bits per heavy atom. The molecule has 3 nitrogen and oxygen atoms in total. The fourth-order valence-electron chi connectivity index (χ4n) is 1.24. The van der Waals surface area contributed by atoms with Crippen LogP contribution in [0.25, 0.3) is 0 Å². The van der Waals surface area contributed by atoms with Gasteiger partial charge in [0, 0.05) is 4.47 Å². The molecule has 0 bridgehead atoms. The molecule has 0 saturated carbocycles. The zero-order chi connectivity index (χ0) is 9.97. The summed E-state index contributed by atoms with van der Waals surface area (Å²) >= 11 is 3.39. The summed E-state index contributed by atoms with van der Waals surface area (Å²) in [6.07, 6.45) is 1.70. The van der Waals surface area contributed by atoms with Crippen LogP contribution in [0.4, 0.5) is 5.82 Å². The molecule has 0 fully saturated rings. The van der Waals surface area contributed by atoms with Crippen LogP contribution in [0.3, 0.4) is 0 Å². The van der Waals surface area contributed by atoms with Gasteiger partial charge in [-0.25, -0.2) is 4.68 Å². The van der Waals surface area contributed by atoms with Crippen LogP contribution in [-0.2, 0) is 6.54 Å². The molecule has 2 rings (SSSR count). The summed E-state index contributed by atoms with van der Waals surface area (Å²) in [5.41, 5.74) is 6.89. The lowest BCUT2D eigenvalue weighted by molar-refractivity contribution is 0.697. The minimum Gasteiger partial charge on any atom is -0.384 e. The lowest BCUT2D eigenvalue weighted by atomic mass is 10.2. The van der Waals surface area contributed by atoms with Crippen LogP contribution < -0.4 is 5.73 Å². The largest absolute Gasteiger partial charge is 0.384 e. The van der Waals surface area contributed by atoms with Gasteiger partial charge >= 0.3 is 0 Å². The lowest BCUT2D eigenvalue weighted by Crippen LogP contribution is -2.05. The topological polar surface area (TPSA) is 43.8 Å². The van der Waals surface area contributed by atoms with Crippen molar-refractivity contribution in [3.05, 3.63) is 46.6 Å². The lowest BCUT2D eigenvalue weighted by Gasteiger charge is -2.03. The number of hydrogen-bond acceptors (Lipinski definition) is 2. The highest BCUT2D eigenvalue weighted by Crippen LogP contribution is 2.12. The van der Waals surface area contributed by atoms with E-state index in [-0.39, 0.29) is 0 Å². The monoisotopic (exact) mass is 251 g/mol. The number of rotatable bonds is 2. The number of nitrogens with two attached hydrogens (primary N) is 1. The first-order valence-electron chi connectivity index (χ1n) is 4.27. The minimum atomic E-state index is 0.688. The molecule has 0 amide bonds. The second-order valence-electron chi connectivity index (χ2n) is 3.04. The number of anilines is 1. The second-order valence-corrected chi connectivity index (χ2v) is 3.96. The van der Waals surface area contributed by atoms with Crippen molar-refractivity contribution < 1.29 is 0 Å². The van der Waals surface area contributed by atoms with E-state index in [9.17, 15) is 0 Å². The minimum absolute atomic E-state index is 0.688. The Morgan fingerprint density at radius 1 is 1.21 bits per heavy atom. The van der Waals surface area contributed by atoms with Gasteiger partial charge in [-0.15, -0.1) is 0 Å². The first-order valence-corrected chi connectivity index (χ1v) is 5.07. The Bertz CT molecular complexity index is 419. The molecule has 1 heterocycles. The number of benzene rings is 1. The third-order valence-corrected chi connectivity index (χ3v) is 2.52. The highest BCUT2D eigenvalue weighted by molar-refractivity contribution is 9.10. The van der Waals surface area contributed by atoms with E-state index in [0.29, 0.717) is 12.4 Å². The van der Waals surface area contributed by atoms with Gasteiger partial charge in [0.15, 0.2) is 0 Å².